The number of carbonyl (C=O) groups excluding carboxylic acids is 1. The van der Waals surface area contributed by atoms with Gasteiger partial charge < -0.3 is 14.1 Å². The Morgan fingerprint density at radius 1 is 1.31 bits per heavy atom. The summed E-state index contributed by atoms with van der Waals surface area (Å²) in [6, 6.07) is 7.92. The van der Waals surface area contributed by atoms with Crippen molar-refractivity contribution in [1.29, 1.82) is 0 Å². The number of carbonyl (C=O) groups is 1. The maximum Gasteiger partial charge on any atom is 0.339 e. The molecule has 1 aromatic heterocycles. The van der Waals surface area contributed by atoms with Crippen molar-refractivity contribution in [2.75, 3.05) is 13.1 Å². The molecule has 1 fully saturated rings. The van der Waals surface area contributed by atoms with Crippen molar-refractivity contribution in [2.24, 2.45) is 0 Å². The Balaban J connectivity index is 1.52. The quantitative estimate of drug-likeness (QED) is 0.823. The maximum absolute atomic E-state index is 13.3. The highest BCUT2D eigenvalue weighted by Crippen LogP contribution is 2.19. The van der Waals surface area contributed by atoms with Gasteiger partial charge in [0.1, 0.15) is 23.4 Å². The number of ether oxygens (including phenoxy) is 1. The summed E-state index contributed by atoms with van der Waals surface area (Å²) >= 11 is 0. The molecule has 0 aliphatic carbocycles. The van der Waals surface area contributed by atoms with Crippen LogP contribution >= 0.6 is 0 Å². The van der Waals surface area contributed by atoms with Crippen molar-refractivity contribution < 1.29 is 18.3 Å². The Morgan fingerprint density at radius 2 is 2.12 bits per heavy atom. The normalized spacial score (nSPS) is 16.7. The van der Waals surface area contributed by atoms with E-state index in [9.17, 15) is 14.0 Å². The molecule has 1 aromatic carbocycles. The Morgan fingerprint density at radius 3 is 2.85 bits per heavy atom. The summed E-state index contributed by atoms with van der Waals surface area (Å²) in [7, 11) is 0. The molecule has 0 radical (unpaired) electrons. The van der Waals surface area contributed by atoms with Gasteiger partial charge in [0, 0.05) is 25.5 Å². The van der Waals surface area contributed by atoms with Crippen molar-refractivity contribution >= 4 is 5.91 Å². The minimum Gasteiger partial charge on any atom is -0.488 e. The van der Waals surface area contributed by atoms with Gasteiger partial charge in [-0.25, -0.2) is 9.18 Å². The van der Waals surface area contributed by atoms with E-state index in [1.54, 1.807) is 36.9 Å². The number of hydrogen-bond donors (Lipinski definition) is 0. The third-order valence-corrected chi connectivity index (χ3v) is 4.52. The van der Waals surface area contributed by atoms with Crippen LogP contribution in [-0.2, 0) is 11.2 Å². The molecule has 1 unspecified atom stereocenters. The van der Waals surface area contributed by atoms with Gasteiger partial charge in [-0.2, -0.15) is 0 Å². The number of hydrogen-bond acceptors (Lipinski definition) is 4. The second-order valence-electron chi connectivity index (χ2n) is 6.67. The lowest BCUT2D eigenvalue weighted by molar-refractivity contribution is -0.130. The summed E-state index contributed by atoms with van der Waals surface area (Å²) in [5, 5.41) is 0. The van der Waals surface area contributed by atoms with E-state index in [0.717, 1.165) is 12.0 Å². The first kappa shape index (κ1) is 18.2. The first-order valence-corrected chi connectivity index (χ1v) is 8.72. The zero-order valence-electron chi connectivity index (χ0n) is 15.0. The molecule has 5 nitrogen and oxygen atoms in total. The molecule has 1 amide bonds. The Hall–Kier alpha value is -2.63. The van der Waals surface area contributed by atoms with Crippen LogP contribution in [0.5, 0.6) is 5.75 Å². The zero-order chi connectivity index (χ0) is 18.7. The SMILES string of the molecule is Cc1cc(OC2CCN(C(=O)CCc3ccc(F)c(C)c3)C2)cc(=O)o1. The summed E-state index contributed by atoms with van der Waals surface area (Å²) in [5.41, 5.74) is 1.10. The zero-order valence-corrected chi connectivity index (χ0v) is 15.0. The average molecular weight is 359 g/mol. The molecule has 1 atom stereocenters. The fraction of sp³-hybridized carbons (Fsp3) is 0.400. The largest absolute Gasteiger partial charge is 0.488 e. The van der Waals surface area contributed by atoms with E-state index in [1.165, 1.54) is 12.1 Å². The maximum atomic E-state index is 13.3. The highest BCUT2D eigenvalue weighted by molar-refractivity contribution is 5.76. The smallest absolute Gasteiger partial charge is 0.339 e. The number of likely N-dealkylation sites (tertiary alicyclic amines) is 1. The molecule has 0 N–H and O–H groups in total. The Labute approximate surface area is 151 Å². The summed E-state index contributed by atoms with van der Waals surface area (Å²) in [6.07, 6.45) is 1.56. The molecule has 3 rings (SSSR count). The summed E-state index contributed by atoms with van der Waals surface area (Å²) in [5.74, 6) is 0.791. The van der Waals surface area contributed by atoms with Crippen LogP contribution in [0.1, 0.15) is 29.7 Å². The summed E-state index contributed by atoms with van der Waals surface area (Å²) < 4.78 is 24.0. The fourth-order valence-corrected chi connectivity index (χ4v) is 3.16. The van der Waals surface area contributed by atoms with Crippen molar-refractivity contribution in [1.82, 2.24) is 4.90 Å². The first-order chi connectivity index (χ1) is 12.4. The fourth-order valence-electron chi connectivity index (χ4n) is 3.16. The molecule has 1 saturated heterocycles. The number of benzene rings is 1. The van der Waals surface area contributed by atoms with Crippen LogP contribution in [0.4, 0.5) is 4.39 Å². The third-order valence-electron chi connectivity index (χ3n) is 4.52. The van der Waals surface area contributed by atoms with Crippen LogP contribution < -0.4 is 10.4 Å². The number of rotatable bonds is 5. The van der Waals surface area contributed by atoms with Crippen molar-refractivity contribution in [2.45, 2.75) is 39.2 Å². The minimum absolute atomic E-state index is 0.0573. The Kier molecular flexibility index (Phi) is 5.40. The molecule has 26 heavy (non-hydrogen) atoms. The van der Waals surface area contributed by atoms with Gasteiger partial charge in [0.2, 0.25) is 5.91 Å². The van der Waals surface area contributed by atoms with E-state index < -0.39 is 5.63 Å². The van der Waals surface area contributed by atoms with Gasteiger partial charge in [-0.3, -0.25) is 4.79 Å². The van der Waals surface area contributed by atoms with E-state index >= 15 is 0 Å². The highest BCUT2D eigenvalue weighted by atomic mass is 19.1. The molecule has 6 heteroatoms. The standard InChI is InChI=1S/C20H22FNO4/c1-13-9-15(3-5-18(13)21)4-6-19(23)22-8-7-16(12-22)26-17-10-14(2)25-20(24)11-17/h3,5,9-11,16H,4,6-8,12H2,1-2H3. The van der Waals surface area contributed by atoms with Crippen molar-refractivity contribution in [3.8, 4) is 5.75 Å². The van der Waals surface area contributed by atoms with E-state index in [1.807, 2.05) is 0 Å². The highest BCUT2D eigenvalue weighted by Gasteiger charge is 2.27. The van der Waals surface area contributed by atoms with Crippen LogP contribution in [0, 0.1) is 19.7 Å². The van der Waals surface area contributed by atoms with Crippen LogP contribution in [0.15, 0.2) is 39.5 Å². The van der Waals surface area contributed by atoms with Gasteiger partial charge in [0.15, 0.2) is 0 Å². The molecule has 2 heterocycles. The minimum atomic E-state index is -0.444. The van der Waals surface area contributed by atoms with Crippen molar-refractivity contribution in [3.05, 3.63) is 63.5 Å². The lowest BCUT2D eigenvalue weighted by Gasteiger charge is -2.17. The van der Waals surface area contributed by atoms with E-state index in [0.29, 0.717) is 43.0 Å². The molecule has 138 valence electrons. The molecule has 1 aliphatic heterocycles. The van der Waals surface area contributed by atoms with Gasteiger partial charge >= 0.3 is 5.63 Å². The second kappa shape index (κ2) is 7.72. The molecular formula is C20H22FNO4. The summed E-state index contributed by atoms with van der Waals surface area (Å²) in [6.45, 7) is 4.54. The predicted octanol–water partition coefficient (Wildman–Crippen LogP) is 3.01. The van der Waals surface area contributed by atoms with Gasteiger partial charge in [0.05, 0.1) is 12.6 Å². The molecular weight excluding hydrogens is 337 g/mol. The van der Waals surface area contributed by atoms with Gasteiger partial charge in [-0.05, 0) is 37.5 Å². The summed E-state index contributed by atoms with van der Waals surface area (Å²) in [4.78, 5) is 25.6. The van der Waals surface area contributed by atoms with Gasteiger partial charge in [-0.1, -0.05) is 12.1 Å². The average Bonchev–Trinajstić information content (AvgIpc) is 3.03. The topological polar surface area (TPSA) is 59.8 Å². The van der Waals surface area contributed by atoms with E-state index in [4.69, 9.17) is 9.15 Å². The molecule has 1 aliphatic rings. The van der Waals surface area contributed by atoms with E-state index in [-0.39, 0.29) is 17.8 Å². The Bertz CT molecular complexity index is 861. The molecule has 0 saturated carbocycles. The lowest BCUT2D eigenvalue weighted by Crippen LogP contribution is -2.31. The number of halogens is 1. The third kappa shape index (κ3) is 4.50. The lowest BCUT2D eigenvalue weighted by atomic mass is 10.1. The second-order valence-corrected chi connectivity index (χ2v) is 6.67. The van der Waals surface area contributed by atoms with Crippen LogP contribution in [-0.4, -0.2) is 30.0 Å². The van der Waals surface area contributed by atoms with Crippen LogP contribution in [0.3, 0.4) is 0 Å². The van der Waals surface area contributed by atoms with E-state index in [2.05, 4.69) is 0 Å². The first-order valence-electron chi connectivity index (χ1n) is 8.72. The number of nitrogens with zero attached hydrogens (tertiary/aromatic N) is 1. The number of amides is 1. The van der Waals surface area contributed by atoms with Crippen LogP contribution in [0.2, 0.25) is 0 Å². The van der Waals surface area contributed by atoms with Crippen LogP contribution in [0.25, 0.3) is 0 Å². The van der Waals surface area contributed by atoms with Gasteiger partial charge in [0.25, 0.3) is 0 Å². The molecule has 2 aromatic rings. The van der Waals surface area contributed by atoms with Crippen molar-refractivity contribution in [3.63, 3.8) is 0 Å². The number of aryl methyl sites for hydroxylation is 3. The molecule has 0 spiro atoms. The van der Waals surface area contributed by atoms with Gasteiger partial charge in [-0.15, -0.1) is 0 Å². The monoisotopic (exact) mass is 359 g/mol. The predicted molar refractivity (Wildman–Crippen MR) is 94.8 cm³/mol. The molecule has 0 bridgehead atoms.